The Morgan fingerprint density at radius 2 is 1.72 bits per heavy atom. The molecule has 7 nitrogen and oxygen atoms in total. The zero-order valence-electron chi connectivity index (χ0n) is 17.1. The molecule has 2 heterocycles. The molecule has 0 unspecified atom stereocenters. The van der Waals surface area contributed by atoms with Crippen molar-refractivity contribution in [1.29, 1.82) is 0 Å². The standard InChI is InChI=1S/C22H28N4O3/c1-24-20(23-13-16-26-14-7-4-8-15-26)19(21(28)25(2)22(24)29)18(27)12-11-17-9-5-3-6-10-17/h3,5-6,9-12,23H,4,7-8,13-16H2,1-2H3/b12-11-. The molecule has 1 fully saturated rings. The van der Waals surface area contributed by atoms with Crippen LogP contribution >= 0.6 is 0 Å². The van der Waals surface area contributed by atoms with E-state index in [2.05, 4.69) is 10.2 Å². The number of aromatic nitrogens is 2. The van der Waals surface area contributed by atoms with Crippen molar-refractivity contribution < 1.29 is 4.79 Å². The molecule has 0 amide bonds. The number of ketones is 1. The van der Waals surface area contributed by atoms with Gasteiger partial charge in [0.25, 0.3) is 5.56 Å². The Balaban J connectivity index is 1.86. The van der Waals surface area contributed by atoms with Crippen molar-refractivity contribution in [3.63, 3.8) is 0 Å². The first-order valence-corrected chi connectivity index (χ1v) is 10.0. The molecular weight excluding hydrogens is 368 g/mol. The van der Waals surface area contributed by atoms with Gasteiger partial charge in [-0.3, -0.25) is 18.7 Å². The number of benzene rings is 1. The molecule has 3 rings (SSSR count). The number of anilines is 1. The largest absolute Gasteiger partial charge is 0.369 e. The number of likely N-dealkylation sites (tertiary alicyclic amines) is 1. The van der Waals surface area contributed by atoms with Gasteiger partial charge in [-0.25, -0.2) is 4.79 Å². The summed E-state index contributed by atoms with van der Waals surface area (Å²) in [6.45, 7) is 3.48. The summed E-state index contributed by atoms with van der Waals surface area (Å²) >= 11 is 0. The molecule has 0 saturated carbocycles. The van der Waals surface area contributed by atoms with Crippen LogP contribution in [0.4, 0.5) is 5.82 Å². The van der Waals surface area contributed by atoms with Crippen LogP contribution < -0.4 is 16.6 Å². The highest BCUT2D eigenvalue weighted by atomic mass is 16.2. The summed E-state index contributed by atoms with van der Waals surface area (Å²) in [5.41, 5.74) is -0.196. The van der Waals surface area contributed by atoms with Gasteiger partial charge in [0.15, 0.2) is 5.78 Å². The summed E-state index contributed by atoms with van der Waals surface area (Å²) in [4.78, 5) is 40.3. The lowest BCUT2D eigenvalue weighted by molar-refractivity contribution is 0.104. The van der Waals surface area contributed by atoms with Crippen molar-refractivity contribution in [2.45, 2.75) is 19.3 Å². The van der Waals surface area contributed by atoms with Crippen LogP contribution in [-0.4, -0.2) is 46.0 Å². The first-order chi connectivity index (χ1) is 14.0. The lowest BCUT2D eigenvalue weighted by Gasteiger charge is -2.26. The minimum absolute atomic E-state index is 0.0135. The lowest BCUT2D eigenvalue weighted by Crippen LogP contribution is -2.42. The van der Waals surface area contributed by atoms with Gasteiger partial charge in [-0.2, -0.15) is 0 Å². The number of carbonyl (C=O) groups is 1. The van der Waals surface area contributed by atoms with E-state index in [1.54, 1.807) is 13.1 Å². The lowest BCUT2D eigenvalue weighted by atomic mass is 10.1. The summed E-state index contributed by atoms with van der Waals surface area (Å²) in [7, 11) is 2.96. The van der Waals surface area contributed by atoms with Gasteiger partial charge in [0.1, 0.15) is 11.4 Å². The molecule has 7 heteroatoms. The van der Waals surface area contributed by atoms with Gasteiger partial charge >= 0.3 is 5.69 Å². The number of nitrogens with one attached hydrogen (secondary N) is 1. The number of nitrogens with zero attached hydrogens (tertiary/aromatic N) is 3. The number of rotatable bonds is 7. The first-order valence-electron chi connectivity index (χ1n) is 10.0. The predicted octanol–water partition coefficient (Wildman–Crippen LogP) is 1.88. The molecule has 1 aliphatic heterocycles. The SMILES string of the molecule is Cn1c(NCCN2CCCCC2)c(C(=O)/C=C\c2ccccc2)c(=O)n(C)c1=O. The average Bonchev–Trinajstić information content (AvgIpc) is 2.75. The maximum atomic E-state index is 12.9. The number of piperidine rings is 1. The van der Waals surface area contributed by atoms with E-state index in [0.717, 1.165) is 29.8 Å². The van der Waals surface area contributed by atoms with Gasteiger partial charge in [-0.15, -0.1) is 0 Å². The van der Waals surface area contributed by atoms with E-state index < -0.39 is 17.0 Å². The third-order valence-electron chi connectivity index (χ3n) is 5.31. The quantitative estimate of drug-likeness (QED) is 0.571. The monoisotopic (exact) mass is 396 g/mol. The Labute approximate surface area is 170 Å². The second kappa shape index (κ2) is 9.52. The summed E-state index contributed by atoms with van der Waals surface area (Å²) in [6.07, 6.45) is 6.70. The van der Waals surface area contributed by atoms with Gasteiger partial charge in [0, 0.05) is 27.2 Å². The summed E-state index contributed by atoms with van der Waals surface area (Å²) in [6, 6.07) is 9.40. The fraction of sp³-hybridized carbons (Fsp3) is 0.409. The zero-order chi connectivity index (χ0) is 20.8. The Morgan fingerprint density at radius 3 is 2.41 bits per heavy atom. The zero-order valence-corrected chi connectivity index (χ0v) is 17.1. The number of hydrogen-bond donors (Lipinski definition) is 1. The van der Waals surface area contributed by atoms with Crippen molar-refractivity contribution in [1.82, 2.24) is 14.0 Å². The fourth-order valence-corrected chi connectivity index (χ4v) is 3.61. The van der Waals surface area contributed by atoms with Crippen molar-refractivity contribution >= 4 is 17.7 Å². The van der Waals surface area contributed by atoms with Crippen molar-refractivity contribution in [2.24, 2.45) is 14.1 Å². The molecule has 0 atom stereocenters. The summed E-state index contributed by atoms with van der Waals surface area (Å²) < 4.78 is 2.31. The van der Waals surface area contributed by atoms with E-state index in [1.807, 2.05) is 30.3 Å². The van der Waals surface area contributed by atoms with Crippen LogP contribution in [-0.2, 0) is 14.1 Å². The topological polar surface area (TPSA) is 76.3 Å². The second-order valence-electron chi connectivity index (χ2n) is 7.37. The van der Waals surface area contributed by atoms with Crippen LogP contribution in [0.2, 0.25) is 0 Å². The Morgan fingerprint density at radius 1 is 1.03 bits per heavy atom. The van der Waals surface area contributed by atoms with Gasteiger partial charge in [0.05, 0.1) is 0 Å². The molecular formula is C22H28N4O3. The number of hydrogen-bond acceptors (Lipinski definition) is 5. The molecule has 1 saturated heterocycles. The average molecular weight is 396 g/mol. The van der Waals surface area contributed by atoms with Gasteiger partial charge in [-0.1, -0.05) is 42.8 Å². The molecule has 0 spiro atoms. The minimum atomic E-state index is -0.587. The van der Waals surface area contributed by atoms with Crippen LogP contribution in [0.3, 0.4) is 0 Å². The molecule has 2 aromatic rings. The van der Waals surface area contributed by atoms with Gasteiger partial charge < -0.3 is 10.2 Å². The highest BCUT2D eigenvalue weighted by molar-refractivity contribution is 6.09. The molecule has 1 aromatic heterocycles. The summed E-state index contributed by atoms with van der Waals surface area (Å²) in [5, 5.41) is 3.17. The predicted molar refractivity (Wildman–Crippen MR) is 116 cm³/mol. The maximum Gasteiger partial charge on any atom is 0.332 e. The van der Waals surface area contributed by atoms with E-state index in [4.69, 9.17) is 0 Å². The van der Waals surface area contributed by atoms with E-state index in [9.17, 15) is 14.4 Å². The highest BCUT2D eigenvalue weighted by Crippen LogP contribution is 2.12. The molecule has 1 aliphatic rings. The normalized spacial score (nSPS) is 15.0. The van der Waals surface area contributed by atoms with Gasteiger partial charge in [0.2, 0.25) is 0 Å². The van der Waals surface area contributed by atoms with Crippen LogP contribution in [0.25, 0.3) is 6.08 Å². The molecule has 1 aromatic carbocycles. The molecule has 1 N–H and O–H groups in total. The molecule has 29 heavy (non-hydrogen) atoms. The van der Waals surface area contributed by atoms with Crippen LogP contribution in [0.5, 0.6) is 0 Å². The van der Waals surface area contributed by atoms with Crippen LogP contribution in [0, 0.1) is 0 Å². The first kappa shape index (κ1) is 20.8. The third kappa shape index (κ3) is 4.92. The van der Waals surface area contributed by atoms with E-state index >= 15 is 0 Å². The van der Waals surface area contributed by atoms with Crippen LogP contribution in [0.1, 0.15) is 35.2 Å². The van der Waals surface area contributed by atoms with Crippen molar-refractivity contribution in [3.05, 3.63) is 68.4 Å². The second-order valence-corrected chi connectivity index (χ2v) is 7.37. The third-order valence-corrected chi connectivity index (χ3v) is 5.31. The molecule has 154 valence electrons. The Bertz CT molecular complexity index is 999. The van der Waals surface area contributed by atoms with Crippen molar-refractivity contribution in [2.75, 3.05) is 31.5 Å². The molecule has 0 aliphatic carbocycles. The van der Waals surface area contributed by atoms with Crippen molar-refractivity contribution in [3.8, 4) is 0 Å². The number of allylic oxidation sites excluding steroid dienone is 1. The van der Waals surface area contributed by atoms with E-state index in [0.29, 0.717) is 6.54 Å². The molecule has 0 radical (unpaired) electrons. The number of carbonyl (C=O) groups excluding carboxylic acids is 1. The van der Waals surface area contributed by atoms with E-state index in [-0.39, 0.29) is 11.4 Å². The maximum absolute atomic E-state index is 12.9. The smallest absolute Gasteiger partial charge is 0.332 e. The molecule has 0 bridgehead atoms. The van der Waals surface area contributed by atoms with E-state index in [1.165, 1.54) is 37.0 Å². The van der Waals surface area contributed by atoms with Crippen LogP contribution in [0.15, 0.2) is 46.0 Å². The summed E-state index contributed by atoms with van der Waals surface area (Å²) in [5.74, 6) is -0.150. The Kier molecular flexibility index (Phi) is 6.82. The van der Waals surface area contributed by atoms with Gasteiger partial charge in [-0.05, 0) is 37.6 Å². The minimum Gasteiger partial charge on any atom is -0.369 e. The Hall–Kier alpha value is -2.93. The highest BCUT2D eigenvalue weighted by Gasteiger charge is 2.20. The fourth-order valence-electron chi connectivity index (χ4n) is 3.61.